The molecule has 31 heavy (non-hydrogen) atoms. The molecule has 0 atom stereocenters. The third kappa shape index (κ3) is 4.94. The number of benzene rings is 2. The quantitative estimate of drug-likeness (QED) is 0.258. The third-order valence-corrected chi connectivity index (χ3v) is 6.95. The summed E-state index contributed by atoms with van der Waals surface area (Å²) in [6, 6.07) is 14.1. The van der Waals surface area contributed by atoms with E-state index in [2.05, 4.69) is 10.2 Å². The van der Waals surface area contributed by atoms with Gasteiger partial charge in [-0.05, 0) is 49.7 Å². The zero-order valence-electron chi connectivity index (χ0n) is 17.2. The van der Waals surface area contributed by atoms with Gasteiger partial charge in [-0.25, -0.2) is 4.39 Å². The monoisotopic (exact) mass is 458 g/mol. The molecule has 6 nitrogen and oxygen atoms in total. The van der Waals surface area contributed by atoms with Crippen LogP contribution in [0.15, 0.2) is 63.4 Å². The van der Waals surface area contributed by atoms with Crippen LogP contribution in [-0.4, -0.2) is 43.9 Å². The first kappa shape index (κ1) is 21.9. The van der Waals surface area contributed by atoms with Crippen molar-refractivity contribution >= 4 is 40.2 Å². The van der Waals surface area contributed by atoms with Crippen molar-refractivity contribution in [2.24, 2.45) is 0 Å². The average molecular weight is 459 g/mol. The summed E-state index contributed by atoms with van der Waals surface area (Å²) in [5.41, 5.74) is 0.748. The number of thioether (sulfide) groups is 2. The number of rotatable bonds is 10. The summed E-state index contributed by atoms with van der Waals surface area (Å²) in [4.78, 5) is 14.1. The molecule has 0 saturated heterocycles. The molecule has 4 rings (SSSR count). The lowest BCUT2D eigenvalue weighted by molar-refractivity contribution is 0.141. The van der Waals surface area contributed by atoms with Gasteiger partial charge in [-0.3, -0.25) is 13.8 Å². The molecule has 9 heteroatoms. The normalized spacial score (nSPS) is 11.5. The fraction of sp³-hybridized carbons (Fsp3) is 0.318. The molecule has 0 unspecified atom stereocenters. The Morgan fingerprint density at radius 3 is 2.61 bits per heavy atom. The molecule has 0 aliphatic rings. The molecule has 2 aromatic carbocycles. The number of aryl methyl sites for hydroxylation is 1. The lowest BCUT2D eigenvalue weighted by Gasteiger charge is -2.11. The second-order valence-corrected chi connectivity index (χ2v) is 9.02. The predicted octanol–water partition coefficient (Wildman–Crippen LogP) is 4.49. The minimum absolute atomic E-state index is 0.0598. The van der Waals surface area contributed by atoms with Gasteiger partial charge < -0.3 is 4.74 Å². The molecule has 0 spiro atoms. The summed E-state index contributed by atoms with van der Waals surface area (Å²) in [5.74, 6) is 1.97. The zero-order chi connectivity index (χ0) is 21.6. The molecule has 0 fully saturated rings. The van der Waals surface area contributed by atoms with Crippen molar-refractivity contribution in [3.63, 3.8) is 0 Å². The van der Waals surface area contributed by atoms with Crippen LogP contribution in [0, 0.1) is 5.82 Å². The molecular formula is C22H23FN4O2S2. The maximum atomic E-state index is 13.1. The van der Waals surface area contributed by atoms with Gasteiger partial charge in [-0.2, -0.15) is 0 Å². The Morgan fingerprint density at radius 2 is 1.81 bits per heavy atom. The molecular weight excluding hydrogens is 435 g/mol. The van der Waals surface area contributed by atoms with E-state index in [9.17, 15) is 9.18 Å². The van der Waals surface area contributed by atoms with E-state index in [1.165, 1.54) is 12.1 Å². The van der Waals surface area contributed by atoms with Gasteiger partial charge in [0.05, 0.1) is 10.9 Å². The Bertz CT molecular complexity index is 1220. The van der Waals surface area contributed by atoms with E-state index in [0.29, 0.717) is 30.9 Å². The molecule has 2 heterocycles. The van der Waals surface area contributed by atoms with Crippen molar-refractivity contribution in [2.45, 2.75) is 29.9 Å². The molecule has 0 amide bonds. The largest absolute Gasteiger partial charge is 0.382 e. The van der Waals surface area contributed by atoms with Crippen LogP contribution in [-0.2, 0) is 11.3 Å². The number of aromatic nitrogens is 4. The number of hydrogen-bond donors (Lipinski definition) is 0. The highest BCUT2D eigenvalue weighted by Gasteiger charge is 2.16. The molecule has 0 radical (unpaired) electrons. The average Bonchev–Trinajstić information content (AvgIpc) is 3.21. The zero-order valence-corrected chi connectivity index (χ0v) is 18.8. The van der Waals surface area contributed by atoms with E-state index in [4.69, 9.17) is 4.74 Å². The highest BCUT2D eigenvalue weighted by Crippen LogP contribution is 2.24. The van der Waals surface area contributed by atoms with Gasteiger partial charge in [0.15, 0.2) is 5.16 Å². The summed E-state index contributed by atoms with van der Waals surface area (Å²) in [6.07, 6.45) is 0.728. The van der Waals surface area contributed by atoms with Gasteiger partial charge in [0.1, 0.15) is 5.82 Å². The first-order valence-electron chi connectivity index (χ1n) is 10.1. The van der Waals surface area contributed by atoms with Gasteiger partial charge in [-0.15, -0.1) is 22.0 Å². The first-order chi connectivity index (χ1) is 15.2. The van der Waals surface area contributed by atoms with Crippen LogP contribution in [0.25, 0.3) is 16.7 Å². The summed E-state index contributed by atoms with van der Waals surface area (Å²) in [7, 11) is 0. The van der Waals surface area contributed by atoms with Crippen molar-refractivity contribution in [2.75, 3.05) is 24.7 Å². The topological polar surface area (TPSA) is 61.4 Å². The number of hydrogen-bond acceptors (Lipinski definition) is 6. The van der Waals surface area contributed by atoms with Crippen molar-refractivity contribution in [1.82, 2.24) is 19.2 Å². The van der Waals surface area contributed by atoms with Gasteiger partial charge in [0.25, 0.3) is 5.56 Å². The molecule has 0 N–H and O–H groups in total. The fourth-order valence-electron chi connectivity index (χ4n) is 3.32. The molecule has 2 aromatic heterocycles. The van der Waals surface area contributed by atoms with Gasteiger partial charge >= 0.3 is 0 Å². The number of ether oxygens (including phenoxy) is 1. The number of fused-ring (bicyclic) bond motifs is 3. The summed E-state index contributed by atoms with van der Waals surface area (Å²) >= 11 is 3.26. The highest BCUT2D eigenvalue weighted by atomic mass is 32.2. The van der Waals surface area contributed by atoms with Crippen LogP contribution in [0.5, 0.6) is 0 Å². The predicted molar refractivity (Wildman–Crippen MR) is 124 cm³/mol. The van der Waals surface area contributed by atoms with Gasteiger partial charge in [-0.1, -0.05) is 23.9 Å². The smallest absolute Gasteiger partial charge is 0.262 e. The molecule has 0 aliphatic heterocycles. The number of nitrogens with zero attached hydrogens (tertiary/aromatic N) is 4. The Hall–Kier alpha value is -2.36. The maximum absolute atomic E-state index is 13.1. The Kier molecular flexibility index (Phi) is 7.26. The number of halogens is 1. The third-order valence-electron chi connectivity index (χ3n) is 4.75. The number of para-hydroxylation sites is 1. The molecule has 0 bridgehead atoms. The molecule has 0 saturated carbocycles. The van der Waals surface area contributed by atoms with E-state index in [-0.39, 0.29) is 11.4 Å². The van der Waals surface area contributed by atoms with E-state index < -0.39 is 0 Å². The van der Waals surface area contributed by atoms with Crippen molar-refractivity contribution < 1.29 is 9.13 Å². The van der Waals surface area contributed by atoms with E-state index in [0.717, 1.165) is 33.5 Å². The van der Waals surface area contributed by atoms with Crippen LogP contribution in [0.2, 0.25) is 0 Å². The van der Waals surface area contributed by atoms with Gasteiger partial charge in [0, 0.05) is 36.2 Å². The summed E-state index contributed by atoms with van der Waals surface area (Å²) in [6.45, 7) is 3.73. The van der Waals surface area contributed by atoms with E-state index in [1.54, 1.807) is 40.2 Å². The van der Waals surface area contributed by atoms with Crippen molar-refractivity contribution in [1.29, 1.82) is 0 Å². The lowest BCUT2D eigenvalue weighted by atomic mass is 10.2. The second-order valence-electron chi connectivity index (χ2n) is 6.79. The SMILES string of the molecule is CCOCCCn1c(=O)c2ccccc2n2c(SCCSc3ccc(F)cc3)nnc12. The van der Waals surface area contributed by atoms with Crippen molar-refractivity contribution in [3.8, 4) is 0 Å². The minimum atomic E-state index is -0.229. The Labute approximate surface area is 187 Å². The molecule has 0 aliphatic carbocycles. The standard InChI is InChI=1S/C22H23FN4O2S2/c1-2-29-13-5-12-26-20(28)18-6-3-4-7-19(18)27-21(26)24-25-22(27)31-15-14-30-17-10-8-16(23)9-11-17/h3-4,6-11H,2,5,12-15H2,1H3. The second kappa shape index (κ2) is 10.3. The van der Waals surface area contributed by atoms with E-state index in [1.807, 2.05) is 35.6 Å². The summed E-state index contributed by atoms with van der Waals surface area (Å²) < 4.78 is 22.1. The maximum Gasteiger partial charge on any atom is 0.262 e. The Balaban J connectivity index is 1.57. The van der Waals surface area contributed by atoms with Crippen LogP contribution in [0.3, 0.4) is 0 Å². The molecule has 4 aromatic rings. The van der Waals surface area contributed by atoms with Gasteiger partial charge in [0.2, 0.25) is 5.78 Å². The minimum Gasteiger partial charge on any atom is -0.382 e. The first-order valence-corrected chi connectivity index (χ1v) is 12.1. The fourth-order valence-corrected chi connectivity index (χ4v) is 5.14. The van der Waals surface area contributed by atoms with Crippen LogP contribution < -0.4 is 5.56 Å². The Morgan fingerprint density at radius 1 is 1.03 bits per heavy atom. The van der Waals surface area contributed by atoms with Crippen LogP contribution in [0.4, 0.5) is 4.39 Å². The summed E-state index contributed by atoms with van der Waals surface area (Å²) in [5, 5.41) is 10.1. The molecule has 162 valence electrons. The van der Waals surface area contributed by atoms with E-state index >= 15 is 0 Å². The van der Waals surface area contributed by atoms with Crippen LogP contribution in [0.1, 0.15) is 13.3 Å². The highest BCUT2D eigenvalue weighted by molar-refractivity contribution is 8.02. The van der Waals surface area contributed by atoms with Crippen molar-refractivity contribution in [3.05, 3.63) is 64.7 Å². The van der Waals surface area contributed by atoms with Crippen LogP contribution >= 0.6 is 23.5 Å². The lowest BCUT2D eigenvalue weighted by Crippen LogP contribution is -2.24.